The van der Waals surface area contributed by atoms with Gasteiger partial charge in [0.05, 0.1) is 5.39 Å². The van der Waals surface area contributed by atoms with Crippen molar-refractivity contribution < 1.29 is 0 Å². The second-order valence-corrected chi connectivity index (χ2v) is 7.58. The van der Waals surface area contributed by atoms with Crippen molar-refractivity contribution in [1.82, 2.24) is 9.97 Å². The molecule has 3 aromatic rings. The molecule has 0 atom stereocenters. The molecule has 3 nitrogen and oxygen atoms in total. The minimum Gasteiger partial charge on any atom is -0.310 e. The summed E-state index contributed by atoms with van der Waals surface area (Å²) in [5.74, 6) is 0.730. The number of thiophene rings is 1. The molecule has 2 aromatic heterocycles. The molecule has 0 saturated carbocycles. The van der Waals surface area contributed by atoms with Crippen LogP contribution in [0.15, 0.2) is 33.5 Å². The zero-order valence-corrected chi connectivity index (χ0v) is 15.2. The van der Waals surface area contributed by atoms with E-state index in [2.05, 4.69) is 41.8 Å². The van der Waals surface area contributed by atoms with Crippen molar-refractivity contribution in [3.05, 3.63) is 49.8 Å². The summed E-state index contributed by atoms with van der Waals surface area (Å²) < 4.78 is 1.02. The summed E-state index contributed by atoms with van der Waals surface area (Å²) in [6.07, 6.45) is 0.718. The SMILES string of the molecule is Cc1sc2nc(CCBr)[nH]c(=O)c2c1-c1ccc(Br)cc1. The highest BCUT2D eigenvalue weighted by Crippen LogP contribution is 2.35. The van der Waals surface area contributed by atoms with Crippen LogP contribution >= 0.6 is 43.2 Å². The molecule has 0 aliphatic rings. The molecule has 1 aromatic carbocycles. The number of aromatic nitrogens is 2. The molecule has 0 aliphatic heterocycles. The van der Waals surface area contributed by atoms with Crippen molar-refractivity contribution >= 4 is 53.4 Å². The molecule has 0 fully saturated rings. The standard InChI is InChI=1S/C15H12Br2N2OS/c1-8-12(9-2-4-10(17)5-3-9)13-14(20)18-11(6-7-16)19-15(13)21-8/h2-5H,6-7H2,1H3,(H,18,19,20). The van der Waals surface area contributed by atoms with Crippen LogP contribution in [0.1, 0.15) is 10.7 Å². The van der Waals surface area contributed by atoms with E-state index in [-0.39, 0.29) is 5.56 Å². The zero-order valence-electron chi connectivity index (χ0n) is 11.2. The molecule has 0 radical (unpaired) electrons. The molecule has 0 amide bonds. The van der Waals surface area contributed by atoms with Crippen LogP contribution in [0.4, 0.5) is 0 Å². The lowest BCUT2D eigenvalue weighted by Crippen LogP contribution is -2.11. The summed E-state index contributed by atoms with van der Waals surface area (Å²) in [7, 11) is 0. The van der Waals surface area contributed by atoms with Crippen molar-refractivity contribution in [2.24, 2.45) is 0 Å². The fraction of sp³-hybridized carbons (Fsp3) is 0.200. The third kappa shape index (κ3) is 2.84. The smallest absolute Gasteiger partial charge is 0.260 e. The zero-order chi connectivity index (χ0) is 15.0. The van der Waals surface area contributed by atoms with E-state index in [1.165, 1.54) is 0 Å². The van der Waals surface area contributed by atoms with E-state index in [0.29, 0.717) is 5.39 Å². The van der Waals surface area contributed by atoms with E-state index in [0.717, 1.165) is 42.9 Å². The van der Waals surface area contributed by atoms with Gasteiger partial charge in [-0.15, -0.1) is 11.3 Å². The number of nitrogens with zero attached hydrogens (tertiary/aromatic N) is 1. The third-order valence-electron chi connectivity index (χ3n) is 3.25. The third-order valence-corrected chi connectivity index (χ3v) is 5.18. The molecule has 0 saturated heterocycles. The molecule has 0 unspecified atom stereocenters. The Morgan fingerprint density at radius 3 is 2.67 bits per heavy atom. The van der Waals surface area contributed by atoms with Gasteiger partial charge in [0.15, 0.2) is 0 Å². The number of aromatic amines is 1. The second-order valence-electron chi connectivity index (χ2n) is 4.67. The molecule has 6 heteroatoms. The Hall–Kier alpha value is -0.980. The van der Waals surface area contributed by atoms with E-state index in [9.17, 15) is 4.79 Å². The lowest BCUT2D eigenvalue weighted by molar-refractivity contribution is 0.960. The first-order valence-corrected chi connectivity index (χ1v) is 9.17. The number of alkyl halides is 1. The highest BCUT2D eigenvalue weighted by Gasteiger charge is 2.16. The quantitative estimate of drug-likeness (QED) is 0.617. The number of hydrogen-bond acceptors (Lipinski definition) is 3. The lowest BCUT2D eigenvalue weighted by atomic mass is 10.0. The van der Waals surface area contributed by atoms with Crippen molar-refractivity contribution in [2.75, 3.05) is 5.33 Å². The summed E-state index contributed by atoms with van der Waals surface area (Å²) in [6.45, 7) is 2.04. The van der Waals surface area contributed by atoms with Crippen LogP contribution in [0.25, 0.3) is 21.3 Å². The minimum atomic E-state index is -0.0572. The second kappa shape index (κ2) is 6.02. The van der Waals surface area contributed by atoms with Gasteiger partial charge in [-0.2, -0.15) is 0 Å². The number of nitrogens with one attached hydrogen (secondary N) is 1. The fourth-order valence-corrected chi connectivity index (χ4v) is 4.04. The van der Waals surface area contributed by atoms with Crippen LogP contribution in [0.3, 0.4) is 0 Å². The first-order valence-electron chi connectivity index (χ1n) is 6.44. The first-order chi connectivity index (χ1) is 10.1. The number of hydrogen-bond donors (Lipinski definition) is 1. The summed E-state index contributed by atoms with van der Waals surface area (Å²) in [4.78, 5) is 21.8. The van der Waals surface area contributed by atoms with E-state index in [4.69, 9.17) is 0 Å². The molecular weight excluding hydrogens is 416 g/mol. The molecule has 2 heterocycles. The number of aryl methyl sites for hydroxylation is 2. The van der Waals surface area contributed by atoms with Crippen molar-refractivity contribution in [3.63, 3.8) is 0 Å². The predicted octanol–water partition coefficient (Wildman–Crippen LogP) is 4.66. The summed E-state index contributed by atoms with van der Waals surface area (Å²) in [6, 6.07) is 8.01. The van der Waals surface area contributed by atoms with E-state index < -0.39 is 0 Å². The van der Waals surface area contributed by atoms with Gasteiger partial charge in [0, 0.05) is 26.7 Å². The lowest BCUT2D eigenvalue weighted by Gasteiger charge is -2.02. The Morgan fingerprint density at radius 2 is 2.00 bits per heavy atom. The van der Waals surface area contributed by atoms with E-state index >= 15 is 0 Å². The Balaban J connectivity index is 2.26. The van der Waals surface area contributed by atoms with Crippen LogP contribution in [0.5, 0.6) is 0 Å². The minimum absolute atomic E-state index is 0.0572. The molecule has 0 bridgehead atoms. The molecule has 108 valence electrons. The Morgan fingerprint density at radius 1 is 1.29 bits per heavy atom. The van der Waals surface area contributed by atoms with Crippen LogP contribution in [0, 0.1) is 6.92 Å². The normalized spacial score (nSPS) is 11.2. The van der Waals surface area contributed by atoms with Crippen LogP contribution in [-0.2, 0) is 6.42 Å². The predicted molar refractivity (Wildman–Crippen MR) is 95.6 cm³/mol. The number of rotatable bonds is 3. The molecule has 0 spiro atoms. The van der Waals surface area contributed by atoms with Crippen molar-refractivity contribution in [3.8, 4) is 11.1 Å². The number of benzene rings is 1. The average molecular weight is 428 g/mol. The van der Waals surface area contributed by atoms with Crippen molar-refractivity contribution in [1.29, 1.82) is 0 Å². The Kier molecular flexibility index (Phi) is 4.28. The van der Waals surface area contributed by atoms with Gasteiger partial charge in [-0.1, -0.05) is 44.0 Å². The summed E-state index contributed by atoms with van der Waals surface area (Å²) >= 11 is 8.38. The van der Waals surface area contributed by atoms with E-state index in [1.807, 2.05) is 31.2 Å². The molecule has 21 heavy (non-hydrogen) atoms. The molecule has 3 rings (SSSR count). The van der Waals surface area contributed by atoms with E-state index in [1.54, 1.807) is 11.3 Å². The number of fused-ring (bicyclic) bond motifs is 1. The first kappa shape index (κ1) is 14.9. The van der Waals surface area contributed by atoms with Gasteiger partial charge in [-0.25, -0.2) is 4.98 Å². The number of H-pyrrole nitrogens is 1. The van der Waals surface area contributed by atoms with Crippen LogP contribution < -0.4 is 5.56 Å². The van der Waals surface area contributed by atoms with Gasteiger partial charge in [-0.05, 0) is 24.6 Å². The fourth-order valence-electron chi connectivity index (χ4n) is 2.34. The highest BCUT2D eigenvalue weighted by atomic mass is 79.9. The largest absolute Gasteiger partial charge is 0.310 e. The van der Waals surface area contributed by atoms with Gasteiger partial charge >= 0.3 is 0 Å². The van der Waals surface area contributed by atoms with Crippen molar-refractivity contribution in [2.45, 2.75) is 13.3 Å². The van der Waals surface area contributed by atoms with Gasteiger partial charge < -0.3 is 4.98 Å². The van der Waals surface area contributed by atoms with Gasteiger partial charge in [0.2, 0.25) is 0 Å². The average Bonchev–Trinajstić information content (AvgIpc) is 2.77. The Bertz CT molecular complexity index is 852. The highest BCUT2D eigenvalue weighted by molar-refractivity contribution is 9.10. The summed E-state index contributed by atoms with van der Waals surface area (Å²) in [5, 5.41) is 1.48. The van der Waals surface area contributed by atoms with Gasteiger partial charge in [0.25, 0.3) is 5.56 Å². The van der Waals surface area contributed by atoms with Gasteiger partial charge in [0.1, 0.15) is 10.7 Å². The summed E-state index contributed by atoms with van der Waals surface area (Å²) in [5.41, 5.74) is 1.97. The molecule has 0 aliphatic carbocycles. The Labute approximate surface area is 142 Å². The molecular formula is C15H12Br2N2OS. The van der Waals surface area contributed by atoms with Gasteiger partial charge in [-0.3, -0.25) is 4.79 Å². The number of halogens is 2. The topological polar surface area (TPSA) is 45.8 Å². The maximum Gasteiger partial charge on any atom is 0.260 e. The van der Waals surface area contributed by atoms with Crippen LogP contribution in [0.2, 0.25) is 0 Å². The van der Waals surface area contributed by atoms with Crippen LogP contribution in [-0.4, -0.2) is 15.3 Å². The molecule has 1 N–H and O–H groups in total. The maximum atomic E-state index is 12.4. The monoisotopic (exact) mass is 426 g/mol. The maximum absolute atomic E-state index is 12.4.